The number of likely N-dealkylation sites (tertiary alicyclic amines) is 1. The summed E-state index contributed by atoms with van der Waals surface area (Å²) in [6.07, 6.45) is 3.55. The van der Waals surface area contributed by atoms with Crippen LogP contribution in [-0.4, -0.2) is 41.1 Å². The van der Waals surface area contributed by atoms with Gasteiger partial charge in [-0.25, -0.2) is 0 Å². The number of aryl methyl sites for hydroxylation is 1. The average molecular weight is 327 g/mol. The fourth-order valence-electron chi connectivity index (χ4n) is 3.20. The Morgan fingerprint density at radius 2 is 2.04 bits per heavy atom. The maximum Gasteiger partial charge on any atom is 0.223 e. The van der Waals surface area contributed by atoms with E-state index in [1.165, 1.54) is 24.8 Å². The average Bonchev–Trinajstić information content (AvgIpc) is 3.03. The van der Waals surface area contributed by atoms with E-state index < -0.39 is 0 Å². The molecule has 1 aliphatic heterocycles. The van der Waals surface area contributed by atoms with E-state index in [-0.39, 0.29) is 0 Å². The molecule has 0 spiro atoms. The molecule has 3 rings (SSSR count). The zero-order valence-electron chi connectivity index (χ0n) is 14.4. The summed E-state index contributed by atoms with van der Waals surface area (Å²) in [5.41, 5.74) is 1.44. The molecular formula is C18H25N5O. The molecule has 1 fully saturated rings. The van der Waals surface area contributed by atoms with E-state index in [2.05, 4.69) is 55.7 Å². The number of guanidine groups is 1. The molecule has 2 aromatic rings. The van der Waals surface area contributed by atoms with Crippen molar-refractivity contribution in [3.05, 3.63) is 47.6 Å². The quantitative estimate of drug-likeness (QED) is 0.690. The second kappa shape index (κ2) is 7.95. The SMILES string of the molecule is CN=C(NCc1noc(C)n1)N1CCC(Cc2ccccc2)CC1. The lowest BCUT2D eigenvalue weighted by atomic mass is 9.90. The van der Waals surface area contributed by atoms with Crippen molar-refractivity contribution in [1.29, 1.82) is 0 Å². The molecule has 1 aliphatic rings. The van der Waals surface area contributed by atoms with Gasteiger partial charge in [-0.1, -0.05) is 35.5 Å². The molecule has 0 amide bonds. The number of rotatable bonds is 4. The summed E-state index contributed by atoms with van der Waals surface area (Å²) < 4.78 is 4.99. The summed E-state index contributed by atoms with van der Waals surface area (Å²) in [7, 11) is 1.82. The highest BCUT2D eigenvalue weighted by molar-refractivity contribution is 5.79. The van der Waals surface area contributed by atoms with E-state index >= 15 is 0 Å². The number of piperidine rings is 1. The van der Waals surface area contributed by atoms with Gasteiger partial charge >= 0.3 is 0 Å². The van der Waals surface area contributed by atoms with Crippen molar-refractivity contribution in [2.24, 2.45) is 10.9 Å². The number of aromatic nitrogens is 2. The van der Waals surface area contributed by atoms with Crippen LogP contribution in [-0.2, 0) is 13.0 Å². The molecule has 0 unspecified atom stereocenters. The van der Waals surface area contributed by atoms with E-state index in [1.54, 1.807) is 6.92 Å². The number of hydrogen-bond acceptors (Lipinski definition) is 4. The van der Waals surface area contributed by atoms with Crippen LogP contribution in [0.25, 0.3) is 0 Å². The smallest absolute Gasteiger partial charge is 0.223 e. The molecule has 1 aromatic carbocycles. The molecule has 1 N–H and O–H groups in total. The zero-order chi connectivity index (χ0) is 16.8. The van der Waals surface area contributed by atoms with Gasteiger partial charge in [0.1, 0.15) is 0 Å². The third-order valence-electron chi connectivity index (χ3n) is 4.47. The highest BCUT2D eigenvalue weighted by Crippen LogP contribution is 2.21. The lowest BCUT2D eigenvalue weighted by Gasteiger charge is -2.34. The molecule has 6 heteroatoms. The Labute approximate surface area is 143 Å². The molecule has 0 bridgehead atoms. The summed E-state index contributed by atoms with van der Waals surface area (Å²) in [4.78, 5) is 10.9. The second-order valence-electron chi connectivity index (χ2n) is 6.25. The van der Waals surface area contributed by atoms with E-state index in [0.29, 0.717) is 18.3 Å². The topological polar surface area (TPSA) is 66.5 Å². The van der Waals surface area contributed by atoms with Crippen LogP contribution in [0, 0.1) is 12.8 Å². The van der Waals surface area contributed by atoms with Gasteiger partial charge in [-0.15, -0.1) is 0 Å². The van der Waals surface area contributed by atoms with Crippen LogP contribution >= 0.6 is 0 Å². The van der Waals surface area contributed by atoms with Crippen molar-refractivity contribution < 1.29 is 4.52 Å². The Bertz CT molecular complexity index is 659. The Hall–Kier alpha value is -2.37. The molecule has 2 heterocycles. The van der Waals surface area contributed by atoms with Crippen molar-refractivity contribution in [2.45, 2.75) is 32.7 Å². The van der Waals surface area contributed by atoms with Crippen LogP contribution in [0.5, 0.6) is 0 Å². The van der Waals surface area contributed by atoms with Gasteiger partial charge in [-0.2, -0.15) is 4.98 Å². The zero-order valence-corrected chi connectivity index (χ0v) is 14.4. The largest absolute Gasteiger partial charge is 0.349 e. The van der Waals surface area contributed by atoms with Gasteiger partial charge in [0.15, 0.2) is 11.8 Å². The van der Waals surface area contributed by atoms with Crippen molar-refractivity contribution in [3.8, 4) is 0 Å². The maximum atomic E-state index is 4.99. The number of hydrogen-bond donors (Lipinski definition) is 1. The number of aliphatic imine (C=N–C) groups is 1. The molecule has 1 saturated heterocycles. The Kier molecular flexibility index (Phi) is 5.46. The Morgan fingerprint density at radius 3 is 2.67 bits per heavy atom. The molecule has 24 heavy (non-hydrogen) atoms. The third-order valence-corrected chi connectivity index (χ3v) is 4.47. The first kappa shape index (κ1) is 16.5. The van der Waals surface area contributed by atoms with Gasteiger partial charge in [0.05, 0.1) is 6.54 Å². The molecule has 0 atom stereocenters. The first-order valence-corrected chi connectivity index (χ1v) is 8.53. The highest BCUT2D eigenvalue weighted by atomic mass is 16.5. The first-order valence-electron chi connectivity index (χ1n) is 8.53. The van der Waals surface area contributed by atoms with Gasteiger partial charge in [0, 0.05) is 27.1 Å². The lowest BCUT2D eigenvalue weighted by molar-refractivity contribution is 0.258. The molecule has 1 aromatic heterocycles. The van der Waals surface area contributed by atoms with Crippen molar-refractivity contribution in [2.75, 3.05) is 20.1 Å². The number of nitrogens with one attached hydrogen (secondary N) is 1. The Balaban J connectivity index is 1.47. The minimum atomic E-state index is 0.536. The molecular weight excluding hydrogens is 302 g/mol. The molecule has 0 aliphatic carbocycles. The van der Waals surface area contributed by atoms with Crippen LogP contribution in [0.15, 0.2) is 39.8 Å². The Morgan fingerprint density at radius 1 is 1.29 bits per heavy atom. The third kappa shape index (κ3) is 4.34. The van der Waals surface area contributed by atoms with Crippen LogP contribution in [0.1, 0.15) is 30.1 Å². The monoisotopic (exact) mass is 327 g/mol. The lowest BCUT2D eigenvalue weighted by Crippen LogP contribution is -2.45. The summed E-state index contributed by atoms with van der Waals surface area (Å²) in [6.45, 7) is 4.39. The summed E-state index contributed by atoms with van der Waals surface area (Å²) in [5, 5.41) is 7.23. The van der Waals surface area contributed by atoms with Crippen LogP contribution in [0.4, 0.5) is 0 Å². The van der Waals surface area contributed by atoms with Crippen LogP contribution in [0.2, 0.25) is 0 Å². The maximum absolute atomic E-state index is 4.99. The fraction of sp³-hybridized carbons (Fsp3) is 0.500. The van der Waals surface area contributed by atoms with Gasteiger partial charge in [-0.3, -0.25) is 4.99 Å². The predicted molar refractivity (Wildman–Crippen MR) is 93.7 cm³/mol. The van der Waals surface area contributed by atoms with Crippen molar-refractivity contribution >= 4 is 5.96 Å². The van der Waals surface area contributed by atoms with Crippen LogP contribution < -0.4 is 5.32 Å². The van der Waals surface area contributed by atoms with Gasteiger partial charge in [-0.05, 0) is 30.7 Å². The molecule has 6 nitrogen and oxygen atoms in total. The van der Waals surface area contributed by atoms with Crippen molar-refractivity contribution in [3.63, 3.8) is 0 Å². The predicted octanol–water partition coefficient (Wildman–Crippen LogP) is 2.41. The van der Waals surface area contributed by atoms with Gasteiger partial charge in [0.2, 0.25) is 5.89 Å². The number of benzene rings is 1. The number of nitrogens with zero attached hydrogens (tertiary/aromatic N) is 4. The first-order chi connectivity index (χ1) is 11.7. The minimum Gasteiger partial charge on any atom is -0.349 e. The fourth-order valence-corrected chi connectivity index (χ4v) is 3.20. The summed E-state index contributed by atoms with van der Waals surface area (Å²) >= 11 is 0. The van der Waals surface area contributed by atoms with Crippen molar-refractivity contribution in [1.82, 2.24) is 20.4 Å². The summed E-state index contributed by atoms with van der Waals surface area (Å²) in [6, 6.07) is 10.8. The molecule has 0 radical (unpaired) electrons. The van der Waals surface area contributed by atoms with E-state index in [9.17, 15) is 0 Å². The molecule has 128 valence electrons. The second-order valence-corrected chi connectivity index (χ2v) is 6.25. The minimum absolute atomic E-state index is 0.536. The van der Waals surface area contributed by atoms with Crippen LogP contribution in [0.3, 0.4) is 0 Å². The van der Waals surface area contributed by atoms with E-state index in [4.69, 9.17) is 4.52 Å². The van der Waals surface area contributed by atoms with Gasteiger partial charge in [0.25, 0.3) is 0 Å². The van der Waals surface area contributed by atoms with E-state index in [0.717, 1.165) is 25.0 Å². The van der Waals surface area contributed by atoms with Gasteiger partial charge < -0.3 is 14.7 Å². The standard InChI is InChI=1S/C18H25N5O/c1-14-21-17(22-24-14)13-20-18(19-2)23-10-8-16(9-11-23)12-15-6-4-3-5-7-15/h3-7,16H,8-13H2,1-2H3,(H,19,20). The highest BCUT2D eigenvalue weighted by Gasteiger charge is 2.21. The normalized spacial score (nSPS) is 16.4. The molecule has 0 saturated carbocycles. The summed E-state index contributed by atoms with van der Waals surface area (Å²) in [5.74, 6) is 2.91. The van der Waals surface area contributed by atoms with E-state index in [1.807, 2.05) is 7.05 Å².